The van der Waals surface area contributed by atoms with Crippen molar-refractivity contribution < 1.29 is 42.2 Å². The SMILES string of the molecule is O=C(O)C1CCN(C(=O)C(F)(F)C(F)F)CC1C(=O)O. The summed E-state index contributed by atoms with van der Waals surface area (Å²) in [5.41, 5.74) is 0. The van der Waals surface area contributed by atoms with E-state index in [1.807, 2.05) is 0 Å². The number of aliphatic carboxylic acids is 2. The van der Waals surface area contributed by atoms with Gasteiger partial charge in [-0.05, 0) is 6.42 Å². The van der Waals surface area contributed by atoms with Crippen molar-refractivity contribution in [3.8, 4) is 0 Å². The summed E-state index contributed by atoms with van der Waals surface area (Å²) in [6.07, 6.45) is -4.60. The number of halogens is 4. The second kappa shape index (κ2) is 5.63. The van der Waals surface area contributed by atoms with Gasteiger partial charge >= 0.3 is 24.3 Å². The van der Waals surface area contributed by atoms with Crippen LogP contribution in [0, 0.1) is 11.8 Å². The number of carboxylic acids is 2. The molecule has 0 aromatic heterocycles. The first kappa shape index (κ1) is 16.2. The number of amides is 1. The number of alkyl halides is 4. The molecule has 1 rings (SSSR count). The number of carbonyl (C=O) groups excluding carboxylic acids is 1. The molecule has 0 aliphatic carbocycles. The van der Waals surface area contributed by atoms with Crippen LogP contribution in [-0.2, 0) is 14.4 Å². The van der Waals surface area contributed by atoms with Gasteiger partial charge in [0.05, 0.1) is 11.8 Å². The Labute approximate surface area is 110 Å². The first-order chi connectivity index (χ1) is 9.09. The number of likely N-dealkylation sites (tertiary alicyclic amines) is 1. The first-order valence-electron chi connectivity index (χ1n) is 5.50. The van der Waals surface area contributed by atoms with E-state index in [2.05, 4.69) is 0 Å². The molecule has 0 bridgehead atoms. The lowest BCUT2D eigenvalue weighted by Crippen LogP contribution is -2.54. The van der Waals surface area contributed by atoms with Gasteiger partial charge in [0.1, 0.15) is 0 Å². The number of piperidine rings is 1. The van der Waals surface area contributed by atoms with Gasteiger partial charge in [-0.2, -0.15) is 8.78 Å². The molecule has 2 N–H and O–H groups in total. The van der Waals surface area contributed by atoms with Gasteiger partial charge in [0.25, 0.3) is 5.91 Å². The van der Waals surface area contributed by atoms with E-state index in [-0.39, 0.29) is 4.90 Å². The Kier molecular flexibility index (Phi) is 4.56. The second-order valence-corrected chi connectivity index (χ2v) is 4.35. The molecule has 1 fully saturated rings. The lowest BCUT2D eigenvalue weighted by Gasteiger charge is -2.35. The Morgan fingerprint density at radius 1 is 1.10 bits per heavy atom. The van der Waals surface area contributed by atoms with E-state index in [4.69, 9.17) is 10.2 Å². The molecule has 2 unspecified atom stereocenters. The van der Waals surface area contributed by atoms with Gasteiger partial charge in [0, 0.05) is 13.1 Å². The van der Waals surface area contributed by atoms with Gasteiger partial charge in [0.2, 0.25) is 0 Å². The van der Waals surface area contributed by atoms with Crippen LogP contribution in [0.5, 0.6) is 0 Å². The van der Waals surface area contributed by atoms with Crippen LogP contribution < -0.4 is 0 Å². The van der Waals surface area contributed by atoms with Crippen LogP contribution in [0.25, 0.3) is 0 Å². The standard InChI is InChI=1S/C10H11F4NO5/c11-8(12)10(13,14)9(20)15-2-1-4(6(16)17)5(3-15)7(18)19/h4-5,8H,1-3H2,(H,16,17)(H,18,19). The summed E-state index contributed by atoms with van der Waals surface area (Å²) in [6.45, 7) is -1.35. The molecule has 0 saturated carbocycles. The Balaban J connectivity index is 2.89. The van der Waals surface area contributed by atoms with Gasteiger partial charge in [-0.3, -0.25) is 14.4 Å². The highest BCUT2D eigenvalue weighted by molar-refractivity contribution is 5.86. The Hall–Kier alpha value is -1.87. The van der Waals surface area contributed by atoms with E-state index in [0.717, 1.165) is 0 Å². The van der Waals surface area contributed by atoms with Crippen molar-refractivity contribution in [3.05, 3.63) is 0 Å². The molecule has 20 heavy (non-hydrogen) atoms. The average Bonchev–Trinajstić information content (AvgIpc) is 2.36. The molecule has 1 heterocycles. The zero-order valence-electron chi connectivity index (χ0n) is 9.93. The minimum absolute atomic E-state index is 0.268. The third-order valence-electron chi connectivity index (χ3n) is 3.09. The van der Waals surface area contributed by atoms with Crippen molar-refractivity contribution >= 4 is 17.8 Å². The van der Waals surface area contributed by atoms with Crippen LogP contribution in [0.4, 0.5) is 17.6 Å². The number of carboxylic acid groups (broad SMARTS) is 2. The van der Waals surface area contributed by atoms with E-state index in [9.17, 15) is 31.9 Å². The van der Waals surface area contributed by atoms with E-state index >= 15 is 0 Å². The Morgan fingerprint density at radius 2 is 1.60 bits per heavy atom. The van der Waals surface area contributed by atoms with Gasteiger partial charge < -0.3 is 15.1 Å². The minimum Gasteiger partial charge on any atom is -0.481 e. The molecular weight excluding hydrogens is 290 g/mol. The fraction of sp³-hybridized carbons (Fsp3) is 0.700. The topological polar surface area (TPSA) is 94.9 Å². The van der Waals surface area contributed by atoms with Crippen molar-refractivity contribution in [2.24, 2.45) is 11.8 Å². The molecule has 0 radical (unpaired) electrons. The van der Waals surface area contributed by atoms with Crippen LogP contribution in [0.15, 0.2) is 0 Å². The van der Waals surface area contributed by atoms with E-state index in [1.165, 1.54) is 0 Å². The summed E-state index contributed by atoms with van der Waals surface area (Å²) >= 11 is 0. The lowest BCUT2D eigenvalue weighted by molar-refractivity contribution is -0.185. The van der Waals surface area contributed by atoms with Crippen molar-refractivity contribution in [1.29, 1.82) is 0 Å². The molecule has 0 aromatic carbocycles. The third kappa shape index (κ3) is 2.99. The molecule has 1 amide bonds. The van der Waals surface area contributed by atoms with Crippen LogP contribution in [0.3, 0.4) is 0 Å². The molecule has 2 atom stereocenters. The fourth-order valence-electron chi connectivity index (χ4n) is 1.99. The summed E-state index contributed by atoms with van der Waals surface area (Å²) in [7, 11) is 0. The van der Waals surface area contributed by atoms with Crippen LogP contribution in [0.2, 0.25) is 0 Å². The highest BCUT2D eigenvalue weighted by Crippen LogP contribution is 2.30. The highest BCUT2D eigenvalue weighted by atomic mass is 19.3. The highest BCUT2D eigenvalue weighted by Gasteiger charge is 2.53. The average molecular weight is 301 g/mol. The van der Waals surface area contributed by atoms with E-state index in [0.29, 0.717) is 0 Å². The summed E-state index contributed by atoms with van der Waals surface area (Å²) in [4.78, 5) is 33.2. The van der Waals surface area contributed by atoms with Gasteiger partial charge in [0.15, 0.2) is 0 Å². The summed E-state index contributed by atoms with van der Waals surface area (Å²) in [5.74, 6) is -13.1. The smallest absolute Gasteiger partial charge is 0.383 e. The number of nitrogens with zero attached hydrogens (tertiary/aromatic N) is 1. The molecule has 0 spiro atoms. The Bertz CT molecular complexity index is 428. The monoisotopic (exact) mass is 301 g/mol. The number of hydrogen-bond donors (Lipinski definition) is 2. The maximum absolute atomic E-state index is 12.9. The predicted octanol–water partition coefficient (Wildman–Crippen LogP) is 0.521. The Morgan fingerprint density at radius 3 is 2.00 bits per heavy atom. The van der Waals surface area contributed by atoms with Gasteiger partial charge in [-0.15, -0.1) is 0 Å². The molecule has 0 aromatic rings. The predicted molar refractivity (Wildman–Crippen MR) is 54.4 cm³/mol. The van der Waals surface area contributed by atoms with Crippen LogP contribution >= 0.6 is 0 Å². The van der Waals surface area contributed by atoms with Crippen LogP contribution in [0.1, 0.15) is 6.42 Å². The minimum atomic E-state index is -4.92. The third-order valence-corrected chi connectivity index (χ3v) is 3.09. The van der Waals surface area contributed by atoms with Crippen molar-refractivity contribution in [1.82, 2.24) is 4.90 Å². The van der Waals surface area contributed by atoms with Crippen molar-refractivity contribution in [2.75, 3.05) is 13.1 Å². The second-order valence-electron chi connectivity index (χ2n) is 4.35. The zero-order valence-corrected chi connectivity index (χ0v) is 9.93. The summed E-state index contributed by atoms with van der Waals surface area (Å²) in [6, 6.07) is 0. The number of carbonyl (C=O) groups is 3. The number of rotatable bonds is 4. The zero-order chi connectivity index (χ0) is 15.7. The largest absolute Gasteiger partial charge is 0.481 e. The fourth-order valence-corrected chi connectivity index (χ4v) is 1.99. The van der Waals surface area contributed by atoms with E-state index in [1.54, 1.807) is 0 Å². The molecule has 1 aliphatic rings. The quantitative estimate of drug-likeness (QED) is 0.738. The first-order valence-corrected chi connectivity index (χ1v) is 5.50. The lowest BCUT2D eigenvalue weighted by atomic mass is 9.85. The molecule has 1 aliphatic heterocycles. The molecule has 6 nitrogen and oxygen atoms in total. The normalized spacial score (nSPS) is 23.8. The number of hydrogen-bond acceptors (Lipinski definition) is 3. The molecule has 10 heteroatoms. The maximum atomic E-state index is 12.9. The van der Waals surface area contributed by atoms with Gasteiger partial charge in [-0.25, -0.2) is 8.78 Å². The molecule has 1 saturated heterocycles. The van der Waals surface area contributed by atoms with E-state index < -0.39 is 61.5 Å². The maximum Gasteiger partial charge on any atom is 0.383 e. The van der Waals surface area contributed by atoms with Crippen LogP contribution in [-0.4, -0.2) is 58.4 Å². The van der Waals surface area contributed by atoms with Crippen molar-refractivity contribution in [3.63, 3.8) is 0 Å². The van der Waals surface area contributed by atoms with Gasteiger partial charge in [-0.1, -0.05) is 0 Å². The van der Waals surface area contributed by atoms with Crippen molar-refractivity contribution in [2.45, 2.75) is 18.8 Å². The summed E-state index contributed by atoms with van der Waals surface area (Å²) < 4.78 is 49.9. The molecular formula is C10H11F4NO5. The summed E-state index contributed by atoms with van der Waals surface area (Å²) in [5, 5.41) is 17.6. The molecule has 114 valence electrons.